The van der Waals surface area contributed by atoms with Crippen LogP contribution in [0.2, 0.25) is 0 Å². The number of fused-ring (bicyclic) bond motifs is 1. The maximum Gasteiger partial charge on any atom is 0.295 e. The van der Waals surface area contributed by atoms with Crippen LogP contribution in [-0.2, 0) is 6.54 Å². The van der Waals surface area contributed by atoms with Gasteiger partial charge in [0.15, 0.2) is 5.52 Å². The smallest absolute Gasteiger partial charge is 0.295 e. The summed E-state index contributed by atoms with van der Waals surface area (Å²) >= 11 is 0. The number of rotatable bonds is 5. The van der Waals surface area contributed by atoms with Crippen LogP contribution in [0.15, 0.2) is 42.6 Å². The lowest BCUT2D eigenvalue weighted by atomic mass is 10.1. The van der Waals surface area contributed by atoms with Crippen molar-refractivity contribution in [2.75, 3.05) is 23.3 Å². The Morgan fingerprint density at radius 3 is 2.74 bits per heavy atom. The average Bonchev–Trinajstić information content (AvgIpc) is 3.20. The van der Waals surface area contributed by atoms with E-state index in [2.05, 4.69) is 32.3 Å². The monoisotopic (exact) mass is 363 g/mol. The maximum atomic E-state index is 11.3. The first-order chi connectivity index (χ1) is 13.1. The van der Waals surface area contributed by atoms with E-state index in [1.807, 2.05) is 25.3 Å². The first-order valence-corrected chi connectivity index (χ1v) is 9.10. The van der Waals surface area contributed by atoms with Gasteiger partial charge in [-0.15, -0.1) is 0 Å². The molecule has 1 saturated heterocycles. The second-order valence-electron chi connectivity index (χ2n) is 6.81. The van der Waals surface area contributed by atoms with Crippen molar-refractivity contribution in [2.24, 2.45) is 0 Å². The number of aromatic nitrogens is 2. The van der Waals surface area contributed by atoms with Gasteiger partial charge in [-0.1, -0.05) is 18.2 Å². The predicted octanol–water partition coefficient (Wildman–Crippen LogP) is 4.06. The number of nitrogens with zero attached hydrogens (tertiary/aromatic N) is 4. The van der Waals surface area contributed by atoms with Gasteiger partial charge in [0.25, 0.3) is 5.69 Å². The number of non-ortho nitro benzene ring substituents is 1. The number of nitro benzene ring substituents is 1. The van der Waals surface area contributed by atoms with E-state index < -0.39 is 0 Å². The van der Waals surface area contributed by atoms with Gasteiger partial charge in [0.1, 0.15) is 5.82 Å². The van der Waals surface area contributed by atoms with Gasteiger partial charge in [0.2, 0.25) is 0 Å². The molecule has 0 amide bonds. The molecule has 4 rings (SSSR count). The molecule has 0 spiro atoms. The van der Waals surface area contributed by atoms with Crippen molar-refractivity contribution in [2.45, 2.75) is 26.3 Å². The highest BCUT2D eigenvalue weighted by molar-refractivity contribution is 5.96. The Labute approximate surface area is 157 Å². The van der Waals surface area contributed by atoms with Gasteiger partial charge in [0.05, 0.1) is 4.92 Å². The highest BCUT2D eigenvalue weighted by Gasteiger charge is 2.16. The summed E-state index contributed by atoms with van der Waals surface area (Å²) < 4.78 is 0. The molecule has 0 atom stereocenters. The molecule has 3 heterocycles. The zero-order chi connectivity index (χ0) is 18.8. The summed E-state index contributed by atoms with van der Waals surface area (Å²) in [6, 6.07) is 11.1. The zero-order valence-corrected chi connectivity index (χ0v) is 15.2. The number of para-hydroxylation sites is 1. The number of nitro groups is 1. The van der Waals surface area contributed by atoms with Crippen molar-refractivity contribution in [3.8, 4) is 0 Å². The predicted molar refractivity (Wildman–Crippen MR) is 106 cm³/mol. The molecule has 7 nitrogen and oxygen atoms in total. The maximum absolute atomic E-state index is 11.3. The molecular weight excluding hydrogens is 342 g/mol. The van der Waals surface area contributed by atoms with Crippen LogP contribution in [0.25, 0.3) is 10.9 Å². The second kappa shape index (κ2) is 7.19. The minimum Gasteiger partial charge on any atom is -0.380 e. The van der Waals surface area contributed by atoms with Crippen LogP contribution in [0.3, 0.4) is 0 Å². The SMILES string of the molecule is Cc1cc(NCc2ccc(N3CCCC3)nc2)c2cccc([N+](=O)[O-])c2n1. The Morgan fingerprint density at radius 1 is 1.22 bits per heavy atom. The fourth-order valence-electron chi connectivity index (χ4n) is 3.51. The summed E-state index contributed by atoms with van der Waals surface area (Å²) in [4.78, 5) is 22.1. The van der Waals surface area contributed by atoms with Crippen LogP contribution < -0.4 is 10.2 Å². The fourth-order valence-corrected chi connectivity index (χ4v) is 3.51. The van der Waals surface area contributed by atoms with Crippen LogP contribution >= 0.6 is 0 Å². The van der Waals surface area contributed by atoms with Crippen LogP contribution in [-0.4, -0.2) is 28.0 Å². The molecule has 0 saturated carbocycles. The first kappa shape index (κ1) is 17.2. The molecule has 0 bridgehead atoms. The van der Waals surface area contributed by atoms with Crippen molar-refractivity contribution < 1.29 is 4.92 Å². The number of hydrogen-bond donors (Lipinski definition) is 1. The van der Waals surface area contributed by atoms with E-state index in [1.165, 1.54) is 18.9 Å². The highest BCUT2D eigenvalue weighted by atomic mass is 16.6. The molecule has 1 aromatic carbocycles. The van der Waals surface area contributed by atoms with Crippen molar-refractivity contribution >= 4 is 28.1 Å². The third-order valence-corrected chi connectivity index (χ3v) is 4.87. The summed E-state index contributed by atoms with van der Waals surface area (Å²) in [6.45, 7) is 4.58. The van der Waals surface area contributed by atoms with Gasteiger partial charge >= 0.3 is 0 Å². The second-order valence-corrected chi connectivity index (χ2v) is 6.81. The summed E-state index contributed by atoms with van der Waals surface area (Å²) in [5.41, 5.74) is 3.07. The third-order valence-electron chi connectivity index (χ3n) is 4.87. The Morgan fingerprint density at radius 2 is 2.04 bits per heavy atom. The molecule has 1 aliphatic heterocycles. The minimum atomic E-state index is -0.389. The molecule has 0 unspecified atom stereocenters. The van der Waals surface area contributed by atoms with Crippen molar-refractivity contribution in [1.82, 2.24) is 9.97 Å². The number of anilines is 2. The lowest BCUT2D eigenvalue weighted by Gasteiger charge is -2.16. The molecule has 27 heavy (non-hydrogen) atoms. The van der Waals surface area contributed by atoms with Crippen LogP contribution in [0.5, 0.6) is 0 Å². The normalized spacial score (nSPS) is 13.9. The molecule has 1 aliphatic rings. The van der Waals surface area contributed by atoms with Crippen molar-refractivity contribution in [1.29, 1.82) is 0 Å². The molecule has 1 fully saturated rings. The Balaban J connectivity index is 1.56. The number of pyridine rings is 2. The van der Waals surface area contributed by atoms with Gasteiger partial charge in [0, 0.05) is 48.7 Å². The highest BCUT2D eigenvalue weighted by Crippen LogP contribution is 2.30. The van der Waals surface area contributed by atoms with E-state index in [9.17, 15) is 10.1 Å². The molecule has 0 aliphatic carbocycles. The molecule has 2 aromatic heterocycles. The van der Waals surface area contributed by atoms with E-state index in [1.54, 1.807) is 6.07 Å². The van der Waals surface area contributed by atoms with E-state index in [4.69, 9.17) is 0 Å². The Bertz CT molecular complexity index is 982. The van der Waals surface area contributed by atoms with Crippen molar-refractivity contribution in [3.05, 3.63) is 64.0 Å². The molecule has 3 aromatic rings. The average molecular weight is 363 g/mol. The molecule has 7 heteroatoms. The Hall–Kier alpha value is -3.22. The van der Waals surface area contributed by atoms with Gasteiger partial charge in [-0.25, -0.2) is 9.97 Å². The summed E-state index contributed by atoms with van der Waals surface area (Å²) in [5.74, 6) is 1.03. The summed E-state index contributed by atoms with van der Waals surface area (Å²) in [5, 5.41) is 15.4. The number of benzene rings is 1. The van der Waals surface area contributed by atoms with Gasteiger partial charge in [-0.2, -0.15) is 0 Å². The number of hydrogen-bond acceptors (Lipinski definition) is 6. The quantitative estimate of drug-likeness (QED) is 0.544. The van der Waals surface area contributed by atoms with Crippen LogP contribution in [0, 0.1) is 17.0 Å². The largest absolute Gasteiger partial charge is 0.380 e. The number of nitrogens with one attached hydrogen (secondary N) is 1. The van der Waals surface area contributed by atoms with Gasteiger partial charge in [-0.05, 0) is 37.5 Å². The number of aryl methyl sites for hydroxylation is 1. The fraction of sp³-hybridized carbons (Fsp3) is 0.300. The van der Waals surface area contributed by atoms with E-state index in [0.717, 1.165) is 41.2 Å². The summed E-state index contributed by atoms with van der Waals surface area (Å²) in [6.07, 6.45) is 4.34. The zero-order valence-electron chi connectivity index (χ0n) is 15.2. The van der Waals surface area contributed by atoms with Crippen LogP contribution in [0.4, 0.5) is 17.2 Å². The summed E-state index contributed by atoms with van der Waals surface area (Å²) in [7, 11) is 0. The van der Waals surface area contributed by atoms with E-state index >= 15 is 0 Å². The first-order valence-electron chi connectivity index (χ1n) is 9.10. The Kier molecular flexibility index (Phi) is 4.58. The van der Waals surface area contributed by atoms with Gasteiger partial charge < -0.3 is 10.2 Å². The van der Waals surface area contributed by atoms with Crippen LogP contribution in [0.1, 0.15) is 24.1 Å². The molecule has 1 N–H and O–H groups in total. The van der Waals surface area contributed by atoms with E-state index in [-0.39, 0.29) is 10.6 Å². The lowest BCUT2D eigenvalue weighted by Crippen LogP contribution is -2.18. The van der Waals surface area contributed by atoms with Crippen molar-refractivity contribution in [3.63, 3.8) is 0 Å². The molecule has 0 radical (unpaired) electrons. The molecular formula is C20H21N5O2. The minimum absolute atomic E-state index is 0.0240. The topological polar surface area (TPSA) is 84.2 Å². The van der Waals surface area contributed by atoms with E-state index in [0.29, 0.717) is 12.1 Å². The van der Waals surface area contributed by atoms with Gasteiger partial charge in [-0.3, -0.25) is 10.1 Å². The molecule has 138 valence electrons. The standard InChI is InChI=1S/C20H21N5O2/c1-14-11-17(16-5-4-6-18(25(26)27)20(16)23-14)21-12-15-7-8-19(22-13-15)24-9-2-3-10-24/h4-8,11,13H,2-3,9-10,12H2,1H3,(H,21,23). The lowest BCUT2D eigenvalue weighted by molar-refractivity contribution is -0.383. The third kappa shape index (κ3) is 3.53.